The smallest absolute Gasteiger partial charge is 0.133 e. The molecule has 0 amide bonds. The first-order valence-electron chi connectivity index (χ1n) is 6.01. The van der Waals surface area contributed by atoms with Crippen LogP contribution in [0, 0.1) is 0 Å². The van der Waals surface area contributed by atoms with E-state index in [0.717, 1.165) is 36.0 Å². The van der Waals surface area contributed by atoms with Crippen LogP contribution in [-0.2, 0) is 12.8 Å². The fourth-order valence-corrected chi connectivity index (χ4v) is 3.62. The Labute approximate surface area is 104 Å². The average Bonchev–Trinajstić information content (AvgIpc) is 2.92. The van der Waals surface area contributed by atoms with Gasteiger partial charge in [0.25, 0.3) is 0 Å². The fraction of sp³-hybridized carbons (Fsp3) is 0.538. The first-order valence-corrected chi connectivity index (χ1v) is 6.80. The van der Waals surface area contributed by atoms with Crippen LogP contribution in [0.3, 0.4) is 0 Å². The molecular weight excluding hydrogens is 266 g/mol. The summed E-state index contributed by atoms with van der Waals surface area (Å²) in [5.41, 5.74) is 3.90. The number of fused-ring (bicyclic) bond motifs is 1. The quantitative estimate of drug-likeness (QED) is 0.830. The molecule has 3 heteroatoms. The molecule has 1 aliphatic carbocycles. The van der Waals surface area contributed by atoms with Crippen LogP contribution in [0.4, 0.5) is 0 Å². The van der Waals surface area contributed by atoms with Crippen LogP contribution in [0.5, 0.6) is 5.75 Å². The Morgan fingerprint density at radius 1 is 1.38 bits per heavy atom. The Bertz CT molecular complexity index is 424. The second-order valence-electron chi connectivity index (χ2n) is 4.81. The second kappa shape index (κ2) is 4.04. The molecule has 1 aliphatic heterocycles. The molecule has 1 fully saturated rings. The van der Waals surface area contributed by atoms with Crippen molar-refractivity contribution in [2.24, 2.45) is 0 Å². The number of hydrogen-bond donors (Lipinski definition) is 2. The van der Waals surface area contributed by atoms with E-state index in [1.807, 2.05) is 0 Å². The molecule has 1 heterocycles. The highest BCUT2D eigenvalue weighted by Crippen LogP contribution is 2.42. The van der Waals surface area contributed by atoms with E-state index in [1.165, 1.54) is 24.0 Å². The van der Waals surface area contributed by atoms with Crippen molar-refractivity contribution >= 4 is 15.9 Å². The van der Waals surface area contributed by atoms with E-state index in [0.29, 0.717) is 11.7 Å². The molecule has 1 unspecified atom stereocenters. The molecule has 0 spiro atoms. The molecule has 16 heavy (non-hydrogen) atoms. The molecular formula is C13H16BrNO. The maximum absolute atomic E-state index is 10.2. The minimum atomic E-state index is 0.481. The topological polar surface area (TPSA) is 32.3 Å². The summed E-state index contributed by atoms with van der Waals surface area (Å²) < 4.78 is 0.949. The number of aryl methyl sites for hydroxylation is 1. The Morgan fingerprint density at radius 2 is 2.25 bits per heavy atom. The third kappa shape index (κ3) is 1.57. The summed E-state index contributed by atoms with van der Waals surface area (Å²) >= 11 is 3.56. The van der Waals surface area contributed by atoms with Gasteiger partial charge >= 0.3 is 0 Å². The van der Waals surface area contributed by atoms with E-state index in [2.05, 4.69) is 27.3 Å². The van der Waals surface area contributed by atoms with Gasteiger partial charge in [0, 0.05) is 12.5 Å². The van der Waals surface area contributed by atoms with Crippen molar-refractivity contribution in [2.45, 2.75) is 31.6 Å². The van der Waals surface area contributed by atoms with Gasteiger partial charge in [-0.15, -0.1) is 0 Å². The summed E-state index contributed by atoms with van der Waals surface area (Å²) in [6.45, 7) is 2.07. The first-order chi connectivity index (χ1) is 7.77. The Kier molecular flexibility index (Phi) is 2.68. The summed E-state index contributed by atoms with van der Waals surface area (Å²) in [6, 6.07) is 2.24. The zero-order valence-electron chi connectivity index (χ0n) is 9.22. The minimum absolute atomic E-state index is 0.481. The molecule has 1 aromatic carbocycles. The number of aromatic hydroxyl groups is 1. The highest BCUT2D eigenvalue weighted by Gasteiger charge is 2.25. The minimum Gasteiger partial charge on any atom is -0.506 e. The number of nitrogens with one attached hydrogen (secondary N) is 1. The van der Waals surface area contributed by atoms with Gasteiger partial charge in [0.05, 0.1) is 4.47 Å². The second-order valence-corrected chi connectivity index (χ2v) is 5.60. The summed E-state index contributed by atoms with van der Waals surface area (Å²) in [5, 5.41) is 13.6. The van der Waals surface area contributed by atoms with Gasteiger partial charge in [-0.1, -0.05) is 6.07 Å². The molecule has 0 aromatic heterocycles. The van der Waals surface area contributed by atoms with Crippen LogP contribution in [-0.4, -0.2) is 18.2 Å². The van der Waals surface area contributed by atoms with Crippen molar-refractivity contribution < 1.29 is 5.11 Å². The SMILES string of the molecule is Oc1c(C2CCNC2)cc2c(c1Br)CCC2. The van der Waals surface area contributed by atoms with Crippen molar-refractivity contribution in [2.75, 3.05) is 13.1 Å². The molecule has 0 saturated carbocycles. The molecule has 2 nitrogen and oxygen atoms in total. The van der Waals surface area contributed by atoms with Gasteiger partial charge in [-0.3, -0.25) is 0 Å². The normalized spacial score (nSPS) is 23.7. The van der Waals surface area contributed by atoms with Crippen LogP contribution >= 0.6 is 15.9 Å². The molecule has 1 saturated heterocycles. The van der Waals surface area contributed by atoms with Gasteiger partial charge in [-0.25, -0.2) is 0 Å². The molecule has 2 N–H and O–H groups in total. The van der Waals surface area contributed by atoms with Gasteiger partial charge in [-0.05, 0) is 64.8 Å². The van der Waals surface area contributed by atoms with Gasteiger partial charge in [0.2, 0.25) is 0 Å². The number of rotatable bonds is 1. The van der Waals surface area contributed by atoms with Crippen LogP contribution < -0.4 is 5.32 Å². The lowest BCUT2D eigenvalue weighted by Crippen LogP contribution is -2.08. The van der Waals surface area contributed by atoms with Crippen LogP contribution in [0.1, 0.15) is 35.4 Å². The maximum atomic E-state index is 10.2. The van der Waals surface area contributed by atoms with Crippen LogP contribution in [0.15, 0.2) is 10.5 Å². The van der Waals surface area contributed by atoms with E-state index < -0.39 is 0 Å². The number of phenolic OH excluding ortho intramolecular Hbond substituents is 1. The molecule has 0 radical (unpaired) electrons. The lowest BCUT2D eigenvalue weighted by Gasteiger charge is -2.15. The third-order valence-electron chi connectivity index (χ3n) is 3.84. The average molecular weight is 282 g/mol. The van der Waals surface area contributed by atoms with Crippen LogP contribution in [0.2, 0.25) is 0 Å². The Hall–Kier alpha value is -0.540. The molecule has 1 atom stereocenters. The van der Waals surface area contributed by atoms with Crippen molar-refractivity contribution in [3.8, 4) is 5.75 Å². The molecule has 2 aliphatic rings. The van der Waals surface area contributed by atoms with Gasteiger partial charge < -0.3 is 10.4 Å². The lowest BCUT2D eigenvalue weighted by atomic mass is 9.94. The number of benzene rings is 1. The van der Waals surface area contributed by atoms with E-state index in [9.17, 15) is 5.11 Å². The predicted octanol–water partition coefficient (Wildman–Crippen LogP) is 2.72. The molecule has 1 aromatic rings. The van der Waals surface area contributed by atoms with Crippen molar-refractivity contribution in [1.82, 2.24) is 5.32 Å². The third-order valence-corrected chi connectivity index (χ3v) is 4.69. The number of hydrogen-bond acceptors (Lipinski definition) is 2. The summed E-state index contributed by atoms with van der Waals surface area (Å²) in [5.74, 6) is 0.969. The standard InChI is InChI=1S/C13H16BrNO/c14-12-10-3-1-2-8(10)6-11(13(12)16)9-4-5-15-7-9/h6,9,15-16H,1-5,7H2. The van der Waals surface area contributed by atoms with E-state index in [1.54, 1.807) is 0 Å². The fourth-order valence-electron chi connectivity index (χ4n) is 2.93. The maximum Gasteiger partial charge on any atom is 0.133 e. The lowest BCUT2D eigenvalue weighted by molar-refractivity contribution is 0.458. The van der Waals surface area contributed by atoms with Crippen LogP contribution in [0.25, 0.3) is 0 Å². The molecule has 0 bridgehead atoms. The number of phenols is 1. The monoisotopic (exact) mass is 281 g/mol. The predicted molar refractivity (Wildman–Crippen MR) is 68.1 cm³/mol. The highest BCUT2D eigenvalue weighted by molar-refractivity contribution is 9.10. The zero-order valence-corrected chi connectivity index (χ0v) is 10.8. The van der Waals surface area contributed by atoms with Gasteiger partial charge in [0.15, 0.2) is 0 Å². The summed E-state index contributed by atoms with van der Waals surface area (Å²) in [7, 11) is 0. The van der Waals surface area contributed by atoms with Crippen molar-refractivity contribution in [1.29, 1.82) is 0 Å². The Morgan fingerprint density at radius 3 is 3.00 bits per heavy atom. The van der Waals surface area contributed by atoms with Gasteiger partial charge in [0.1, 0.15) is 5.75 Å². The van der Waals surface area contributed by atoms with E-state index in [4.69, 9.17) is 0 Å². The van der Waals surface area contributed by atoms with E-state index >= 15 is 0 Å². The Balaban J connectivity index is 2.08. The highest BCUT2D eigenvalue weighted by atomic mass is 79.9. The first kappa shape index (κ1) is 10.6. The summed E-state index contributed by atoms with van der Waals surface area (Å²) in [4.78, 5) is 0. The van der Waals surface area contributed by atoms with E-state index in [-0.39, 0.29) is 0 Å². The number of halogens is 1. The summed E-state index contributed by atoms with van der Waals surface area (Å²) in [6.07, 6.45) is 4.63. The van der Waals surface area contributed by atoms with Crippen molar-refractivity contribution in [3.05, 3.63) is 27.2 Å². The largest absolute Gasteiger partial charge is 0.506 e. The zero-order chi connectivity index (χ0) is 11.1. The van der Waals surface area contributed by atoms with Gasteiger partial charge in [-0.2, -0.15) is 0 Å². The van der Waals surface area contributed by atoms with Crippen molar-refractivity contribution in [3.63, 3.8) is 0 Å². The molecule has 86 valence electrons. The molecule has 3 rings (SSSR count).